The van der Waals surface area contributed by atoms with Gasteiger partial charge in [-0.1, -0.05) is 29.6 Å². The minimum absolute atomic E-state index is 0.0504. The third-order valence-electron chi connectivity index (χ3n) is 5.20. The Morgan fingerprint density at radius 3 is 2.60 bits per heavy atom. The van der Waals surface area contributed by atoms with Crippen LogP contribution >= 0.6 is 23.2 Å². The lowest BCUT2D eigenvalue weighted by Gasteiger charge is -2.33. The largest absolute Gasteiger partial charge is 0.322 e. The van der Waals surface area contributed by atoms with E-state index < -0.39 is 11.4 Å². The van der Waals surface area contributed by atoms with Gasteiger partial charge in [-0.3, -0.25) is 0 Å². The molecular formula is C16H20Cl2FN. The second-order valence-corrected chi connectivity index (χ2v) is 7.62. The third-order valence-corrected chi connectivity index (χ3v) is 5.80. The van der Waals surface area contributed by atoms with Crippen molar-refractivity contribution in [1.82, 2.24) is 0 Å². The molecule has 2 aliphatic carbocycles. The first-order valence-electron chi connectivity index (χ1n) is 7.30. The van der Waals surface area contributed by atoms with Crippen LogP contribution in [0.2, 0.25) is 10.0 Å². The first-order chi connectivity index (χ1) is 9.37. The van der Waals surface area contributed by atoms with Crippen molar-refractivity contribution in [3.63, 3.8) is 0 Å². The standard InChI is InChI=1S/C16H20Cl2FN/c1-16(20,8-11-5-9-2-3-10(11)4-9)12-6-15(19)14(18)7-13(12)17/h6-7,9-11H,2-5,8,20H2,1H3. The van der Waals surface area contributed by atoms with Crippen LogP contribution in [0, 0.1) is 23.6 Å². The molecule has 3 rings (SSSR count). The zero-order valence-electron chi connectivity index (χ0n) is 11.6. The van der Waals surface area contributed by atoms with Gasteiger partial charge in [-0.25, -0.2) is 4.39 Å². The van der Waals surface area contributed by atoms with Crippen molar-refractivity contribution in [2.75, 3.05) is 0 Å². The molecule has 110 valence electrons. The second kappa shape index (κ2) is 5.15. The summed E-state index contributed by atoms with van der Waals surface area (Å²) in [5, 5.41) is 0.513. The van der Waals surface area contributed by atoms with Gasteiger partial charge < -0.3 is 5.73 Å². The Balaban J connectivity index is 1.82. The molecule has 0 aliphatic heterocycles. The Labute approximate surface area is 129 Å². The molecule has 0 amide bonds. The van der Waals surface area contributed by atoms with Crippen LogP contribution in [-0.2, 0) is 5.54 Å². The van der Waals surface area contributed by atoms with Crippen molar-refractivity contribution in [2.45, 2.75) is 44.6 Å². The summed E-state index contributed by atoms with van der Waals surface area (Å²) in [7, 11) is 0. The first-order valence-corrected chi connectivity index (χ1v) is 8.06. The lowest BCUT2D eigenvalue weighted by atomic mass is 9.77. The van der Waals surface area contributed by atoms with Crippen LogP contribution in [0.3, 0.4) is 0 Å². The molecule has 2 aliphatic rings. The lowest BCUT2D eigenvalue weighted by molar-refractivity contribution is 0.253. The molecule has 1 aromatic rings. The first kappa shape index (κ1) is 14.6. The zero-order valence-corrected chi connectivity index (χ0v) is 13.1. The summed E-state index contributed by atoms with van der Waals surface area (Å²) in [6, 6.07) is 2.86. The van der Waals surface area contributed by atoms with Crippen LogP contribution < -0.4 is 5.73 Å². The highest BCUT2D eigenvalue weighted by Gasteiger charge is 2.42. The molecule has 0 aromatic heterocycles. The van der Waals surface area contributed by atoms with Crippen molar-refractivity contribution in [1.29, 1.82) is 0 Å². The number of fused-ring (bicyclic) bond motifs is 2. The minimum atomic E-state index is -0.600. The summed E-state index contributed by atoms with van der Waals surface area (Å²) in [4.78, 5) is 0. The van der Waals surface area contributed by atoms with E-state index in [1.54, 1.807) is 0 Å². The van der Waals surface area contributed by atoms with Crippen molar-refractivity contribution in [3.8, 4) is 0 Å². The molecule has 4 atom stereocenters. The fourth-order valence-electron chi connectivity index (χ4n) is 4.24. The van der Waals surface area contributed by atoms with E-state index in [-0.39, 0.29) is 5.02 Å². The van der Waals surface area contributed by atoms with Crippen LogP contribution in [0.5, 0.6) is 0 Å². The van der Waals surface area contributed by atoms with Gasteiger partial charge in [0.05, 0.1) is 5.02 Å². The monoisotopic (exact) mass is 315 g/mol. The zero-order chi connectivity index (χ0) is 14.5. The number of rotatable bonds is 3. The average Bonchev–Trinajstić information content (AvgIpc) is 2.95. The summed E-state index contributed by atoms with van der Waals surface area (Å²) >= 11 is 12.0. The van der Waals surface area contributed by atoms with Crippen LogP contribution in [0.4, 0.5) is 4.39 Å². The number of benzene rings is 1. The van der Waals surface area contributed by atoms with E-state index in [2.05, 4.69) is 0 Å². The van der Waals surface area contributed by atoms with Crippen molar-refractivity contribution in [2.24, 2.45) is 23.5 Å². The second-order valence-electron chi connectivity index (χ2n) is 6.80. The molecule has 2 fully saturated rings. The molecule has 20 heavy (non-hydrogen) atoms. The molecule has 0 heterocycles. The van der Waals surface area contributed by atoms with Gasteiger partial charge in [-0.2, -0.15) is 0 Å². The molecule has 2 saturated carbocycles. The van der Waals surface area contributed by atoms with Crippen molar-refractivity contribution in [3.05, 3.63) is 33.6 Å². The van der Waals surface area contributed by atoms with Crippen LogP contribution in [0.25, 0.3) is 0 Å². The van der Waals surface area contributed by atoms with Gasteiger partial charge in [0.1, 0.15) is 5.82 Å². The molecular weight excluding hydrogens is 296 g/mol. The van der Waals surface area contributed by atoms with E-state index in [1.165, 1.54) is 37.8 Å². The summed E-state index contributed by atoms with van der Waals surface area (Å²) in [6.07, 6.45) is 6.19. The molecule has 0 radical (unpaired) electrons. The number of halogens is 3. The predicted octanol–water partition coefficient (Wildman–Crippen LogP) is 5.13. The molecule has 2 bridgehead atoms. The number of hydrogen-bond acceptors (Lipinski definition) is 1. The Morgan fingerprint density at radius 2 is 2.00 bits per heavy atom. The van der Waals surface area contributed by atoms with Crippen molar-refractivity contribution >= 4 is 23.2 Å². The van der Waals surface area contributed by atoms with Gasteiger partial charge in [0, 0.05) is 10.6 Å². The highest BCUT2D eigenvalue weighted by molar-refractivity contribution is 6.35. The quantitative estimate of drug-likeness (QED) is 0.768. The highest BCUT2D eigenvalue weighted by atomic mass is 35.5. The van der Waals surface area contributed by atoms with Gasteiger partial charge in [0.25, 0.3) is 0 Å². The van der Waals surface area contributed by atoms with E-state index in [9.17, 15) is 4.39 Å². The Bertz CT molecular complexity index is 529. The smallest absolute Gasteiger partial charge is 0.142 e. The molecule has 1 nitrogen and oxygen atoms in total. The summed E-state index contributed by atoms with van der Waals surface area (Å²) in [5.74, 6) is 1.89. The maximum absolute atomic E-state index is 13.7. The number of nitrogens with two attached hydrogens (primary N) is 1. The van der Waals surface area contributed by atoms with E-state index in [4.69, 9.17) is 28.9 Å². The average molecular weight is 316 g/mol. The van der Waals surface area contributed by atoms with E-state index in [0.29, 0.717) is 16.5 Å². The molecule has 4 heteroatoms. The topological polar surface area (TPSA) is 26.0 Å². The lowest BCUT2D eigenvalue weighted by Crippen LogP contribution is -2.37. The van der Waals surface area contributed by atoms with Crippen LogP contribution in [0.1, 0.15) is 44.6 Å². The molecule has 2 N–H and O–H groups in total. The van der Waals surface area contributed by atoms with Crippen LogP contribution in [0.15, 0.2) is 12.1 Å². The molecule has 0 spiro atoms. The van der Waals surface area contributed by atoms with Gasteiger partial charge in [-0.05, 0) is 68.1 Å². The van der Waals surface area contributed by atoms with Gasteiger partial charge >= 0.3 is 0 Å². The summed E-state index contributed by atoms with van der Waals surface area (Å²) in [5.41, 5.74) is 6.55. The Kier molecular flexibility index (Phi) is 3.77. The van der Waals surface area contributed by atoms with Gasteiger partial charge in [0.15, 0.2) is 0 Å². The summed E-state index contributed by atoms with van der Waals surface area (Å²) in [6.45, 7) is 1.95. The maximum atomic E-state index is 13.7. The van der Waals surface area contributed by atoms with E-state index >= 15 is 0 Å². The third kappa shape index (κ3) is 2.58. The molecule has 0 saturated heterocycles. The van der Waals surface area contributed by atoms with Gasteiger partial charge in [-0.15, -0.1) is 0 Å². The normalized spacial score (nSPS) is 31.6. The predicted molar refractivity (Wildman–Crippen MR) is 81.5 cm³/mol. The fourth-order valence-corrected chi connectivity index (χ4v) is 4.84. The highest BCUT2D eigenvalue weighted by Crippen LogP contribution is 2.51. The van der Waals surface area contributed by atoms with E-state index in [1.807, 2.05) is 6.92 Å². The Morgan fingerprint density at radius 1 is 1.25 bits per heavy atom. The fraction of sp³-hybridized carbons (Fsp3) is 0.625. The summed E-state index contributed by atoms with van der Waals surface area (Å²) < 4.78 is 13.7. The van der Waals surface area contributed by atoms with E-state index in [0.717, 1.165) is 18.3 Å². The minimum Gasteiger partial charge on any atom is -0.322 e. The molecule has 4 unspecified atom stereocenters. The maximum Gasteiger partial charge on any atom is 0.142 e. The van der Waals surface area contributed by atoms with Gasteiger partial charge in [0.2, 0.25) is 0 Å². The Hall–Kier alpha value is -0.310. The van der Waals surface area contributed by atoms with Crippen molar-refractivity contribution < 1.29 is 4.39 Å². The SMILES string of the molecule is CC(N)(CC1CC2CCC1C2)c1cc(F)c(Cl)cc1Cl. The number of hydrogen-bond donors (Lipinski definition) is 1. The molecule has 1 aromatic carbocycles. The van der Waals surface area contributed by atoms with Crippen LogP contribution in [-0.4, -0.2) is 0 Å².